The Labute approximate surface area is 144 Å². The molecule has 1 saturated heterocycles. The van der Waals surface area contributed by atoms with Crippen molar-refractivity contribution in [2.45, 2.75) is 18.9 Å². The normalized spacial score (nSPS) is 17.6. The zero-order chi connectivity index (χ0) is 17.2. The minimum Gasteiger partial charge on any atom is -0.336 e. The lowest BCUT2D eigenvalue weighted by Crippen LogP contribution is -2.40. The van der Waals surface area contributed by atoms with Crippen LogP contribution in [-0.4, -0.2) is 43.9 Å². The SMILES string of the molecule is O=C(c1cn[nH]c1-c1ccc(F)cc1)N1CCCC(n2cccn2)C1. The van der Waals surface area contributed by atoms with E-state index in [0.717, 1.165) is 18.4 Å². The Morgan fingerprint density at radius 3 is 2.88 bits per heavy atom. The number of amides is 1. The van der Waals surface area contributed by atoms with E-state index in [1.165, 1.54) is 12.1 Å². The zero-order valence-electron chi connectivity index (χ0n) is 13.6. The number of carbonyl (C=O) groups is 1. The van der Waals surface area contributed by atoms with Gasteiger partial charge in [0.15, 0.2) is 0 Å². The van der Waals surface area contributed by atoms with Gasteiger partial charge in [-0.15, -0.1) is 0 Å². The lowest BCUT2D eigenvalue weighted by atomic mass is 10.0. The quantitative estimate of drug-likeness (QED) is 0.798. The van der Waals surface area contributed by atoms with Gasteiger partial charge < -0.3 is 4.90 Å². The topological polar surface area (TPSA) is 66.8 Å². The molecular formula is C18H18FN5O. The van der Waals surface area contributed by atoms with Crippen LogP contribution in [0.4, 0.5) is 4.39 Å². The van der Waals surface area contributed by atoms with Crippen LogP contribution in [0.15, 0.2) is 48.9 Å². The molecule has 1 aliphatic heterocycles. The maximum Gasteiger partial charge on any atom is 0.257 e. The van der Waals surface area contributed by atoms with E-state index in [1.54, 1.807) is 24.5 Å². The highest BCUT2D eigenvalue weighted by molar-refractivity contribution is 5.99. The first kappa shape index (κ1) is 15.6. The first-order chi connectivity index (χ1) is 12.2. The number of hydrogen-bond acceptors (Lipinski definition) is 3. The summed E-state index contributed by atoms with van der Waals surface area (Å²) in [5.74, 6) is -0.376. The number of nitrogens with one attached hydrogen (secondary N) is 1. The van der Waals surface area contributed by atoms with Crippen molar-refractivity contribution in [3.63, 3.8) is 0 Å². The lowest BCUT2D eigenvalue weighted by Gasteiger charge is -2.32. The van der Waals surface area contributed by atoms with Crippen molar-refractivity contribution in [1.29, 1.82) is 0 Å². The van der Waals surface area contributed by atoms with Gasteiger partial charge in [-0.3, -0.25) is 14.6 Å². The monoisotopic (exact) mass is 339 g/mol. The number of H-pyrrole nitrogens is 1. The Morgan fingerprint density at radius 1 is 1.28 bits per heavy atom. The molecule has 1 N–H and O–H groups in total. The second-order valence-corrected chi connectivity index (χ2v) is 6.20. The van der Waals surface area contributed by atoms with E-state index >= 15 is 0 Å². The van der Waals surface area contributed by atoms with Crippen LogP contribution < -0.4 is 0 Å². The van der Waals surface area contributed by atoms with Gasteiger partial charge in [0.05, 0.1) is 23.5 Å². The zero-order valence-corrected chi connectivity index (χ0v) is 13.6. The molecule has 0 radical (unpaired) electrons. The van der Waals surface area contributed by atoms with Crippen LogP contribution in [0.1, 0.15) is 29.2 Å². The summed E-state index contributed by atoms with van der Waals surface area (Å²) < 4.78 is 15.1. The Morgan fingerprint density at radius 2 is 2.12 bits per heavy atom. The minimum absolute atomic E-state index is 0.0649. The summed E-state index contributed by atoms with van der Waals surface area (Å²) in [5, 5.41) is 11.2. The van der Waals surface area contributed by atoms with Gasteiger partial charge in [-0.05, 0) is 43.2 Å². The molecule has 0 aliphatic carbocycles. The molecular weight excluding hydrogens is 321 g/mol. The predicted octanol–water partition coefficient (Wildman–Crippen LogP) is 2.89. The molecule has 1 amide bonds. The summed E-state index contributed by atoms with van der Waals surface area (Å²) in [6.45, 7) is 1.33. The third-order valence-corrected chi connectivity index (χ3v) is 4.59. The van der Waals surface area contributed by atoms with E-state index < -0.39 is 0 Å². The van der Waals surface area contributed by atoms with E-state index in [2.05, 4.69) is 15.3 Å². The first-order valence-corrected chi connectivity index (χ1v) is 8.30. The molecule has 6 nitrogen and oxygen atoms in total. The Hall–Kier alpha value is -2.96. The average molecular weight is 339 g/mol. The number of likely N-dealkylation sites (tertiary alicyclic amines) is 1. The summed E-state index contributed by atoms with van der Waals surface area (Å²) in [6.07, 6.45) is 7.16. The number of carbonyl (C=O) groups excluding carboxylic acids is 1. The van der Waals surface area contributed by atoms with E-state index in [4.69, 9.17) is 0 Å². The number of piperidine rings is 1. The van der Waals surface area contributed by atoms with E-state index in [-0.39, 0.29) is 17.8 Å². The molecule has 25 heavy (non-hydrogen) atoms. The number of rotatable bonds is 3. The third kappa shape index (κ3) is 3.05. The van der Waals surface area contributed by atoms with Crippen LogP contribution >= 0.6 is 0 Å². The van der Waals surface area contributed by atoms with Gasteiger partial charge in [-0.1, -0.05) is 0 Å². The third-order valence-electron chi connectivity index (χ3n) is 4.59. The molecule has 3 aromatic rings. The maximum absolute atomic E-state index is 13.1. The van der Waals surface area contributed by atoms with Gasteiger partial charge in [0.25, 0.3) is 5.91 Å². The number of benzene rings is 1. The van der Waals surface area contributed by atoms with Crippen molar-refractivity contribution in [3.05, 3.63) is 60.3 Å². The van der Waals surface area contributed by atoms with Gasteiger partial charge in [0.1, 0.15) is 5.82 Å². The molecule has 0 bridgehead atoms. The molecule has 1 fully saturated rings. The summed E-state index contributed by atoms with van der Waals surface area (Å²) in [4.78, 5) is 14.8. The van der Waals surface area contributed by atoms with Crippen LogP contribution in [0.3, 0.4) is 0 Å². The van der Waals surface area contributed by atoms with Gasteiger partial charge in [0.2, 0.25) is 0 Å². The Balaban J connectivity index is 1.57. The second kappa shape index (κ2) is 6.51. The van der Waals surface area contributed by atoms with Gasteiger partial charge in [-0.25, -0.2) is 4.39 Å². The molecule has 1 aliphatic rings. The summed E-state index contributed by atoms with van der Waals surface area (Å²) >= 11 is 0. The second-order valence-electron chi connectivity index (χ2n) is 6.20. The number of aromatic nitrogens is 4. The van der Waals surface area contributed by atoms with Gasteiger partial charge in [-0.2, -0.15) is 10.2 Å². The molecule has 3 heterocycles. The fourth-order valence-electron chi connectivity index (χ4n) is 3.31. The molecule has 0 saturated carbocycles. The van der Waals surface area contributed by atoms with Gasteiger partial charge >= 0.3 is 0 Å². The van der Waals surface area contributed by atoms with Crippen LogP contribution in [0, 0.1) is 5.82 Å². The Bertz CT molecular complexity index is 856. The molecule has 1 aromatic carbocycles. The summed E-state index contributed by atoms with van der Waals surface area (Å²) in [7, 11) is 0. The largest absolute Gasteiger partial charge is 0.336 e. The molecule has 1 unspecified atom stereocenters. The highest BCUT2D eigenvalue weighted by atomic mass is 19.1. The molecule has 0 spiro atoms. The summed E-state index contributed by atoms with van der Waals surface area (Å²) in [5.41, 5.74) is 1.86. The van der Waals surface area contributed by atoms with Crippen molar-refractivity contribution in [3.8, 4) is 11.3 Å². The van der Waals surface area contributed by atoms with E-state index in [0.29, 0.717) is 24.3 Å². The van der Waals surface area contributed by atoms with Crippen LogP contribution in [-0.2, 0) is 0 Å². The van der Waals surface area contributed by atoms with Crippen molar-refractivity contribution in [2.75, 3.05) is 13.1 Å². The fraction of sp³-hybridized carbons (Fsp3) is 0.278. The van der Waals surface area contributed by atoms with Crippen molar-refractivity contribution < 1.29 is 9.18 Å². The molecule has 7 heteroatoms. The fourth-order valence-corrected chi connectivity index (χ4v) is 3.31. The number of nitrogens with zero attached hydrogens (tertiary/aromatic N) is 4. The van der Waals surface area contributed by atoms with Crippen molar-refractivity contribution in [2.24, 2.45) is 0 Å². The minimum atomic E-state index is -0.311. The van der Waals surface area contributed by atoms with Crippen LogP contribution in [0.5, 0.6) is 0 Å². The predicted molar refractivity (Wildman–Crippen MR) is 90.4 cm³/mol. The lowest BCUT2D eigenvalue weighted by molar-refractivity contribution is 0.0674. The Kier molecular flexibility index (Phi) is 4.05. The van der Waals surface area contributed by atoms with Crippen molar-refractivity contribution >= 4 is 5.91 Å². The average Bonchev–Trinajstić information content (AvgIpc) is 3.34. The summed E-state index contributed by atoms with van der Waals surface area (Å²) in [6, 6.07) is 8.11. The smallest absolute Gasteiger partial charge is 0.257 e. The maximum atomic E-state index is 13.1. The molecule has 128 valence electrons. The number of halogens is 1. The first-order valence-electron chi connectivity index (χ1n) is 8.30. The number of aromatic amines is 1. The van der Waals surface area contributed by atoms with Crippen LogP contribution in [0.2, 0.25) is 0 Å². The molecule has 2 aromatic heterocycles. The molecule has 1 atom stereocenters. The van der Waals surface area contributed by atoms with E-state index in [1.807, 2.05) is 21.8 Å². The standard InChI is InChI=1S/C18H18FN5O/c19-14-6-4-13(5-7-14)17-16(11-20-22-17)18(25)23-9-1-3-15(12-23)24-10-2-8-21-24/h2,4-8,10-11,15H,1,3,9,12H2,(H,20,22). The van der Waals surface area contributed by atoms with Gasteiger partial charge in [0, 0.05) is 31.0 Å². The molecule has 4 rings (SSSR count). The van der Waals surface area contributed by atoms with Crippen LogP contribution in [0.25, 0.3) is 11.3 Å². The van der Waals surface area contributed by atoms with Crippen molar-refractivity contribution in [1.82, 2.24) is 24.9 Å². The highest BCUT2D eigenvalue weighted by Crippen LogP contribution is 2.26. The highest BCUT2D eigenvalue weighted by Gasteiger charge is 2.28. The number of hydrogen-bond donors (Lipinski definition) is 1. The van der Waals surface area contributed by atoms with E-state index in [9.17, 15) is 9.18 Å².